The van der Waals surface area contributed by atoms with Crippen LogP contribution in [0.25, 0.3) is 0 Å². The molecule has 0 spiro atoms. The molecule has 4 aliphatic carbocycles. The Morgan fingerprint density at radius 2 is 1.65 bits per heavy atom. The summed E-state index contributed by atoms with van der Waals surface area (Å²) < 4.78 is 0. The average molecular weight is 276 g/mol. The number of piperidine rings is 1. The van der Waals surface area contributed by atoms with Gasteiger partial charge in [-0.15, -0.1) is 0 Å². The highest BCUT2D eigenvalue weighted by Gasteiger charge is 2.54. The molecule has 5 fully saturated rings. The van der Waals surface area contributed by atoms with Crippen molar-refractivity contribution in [3.63, 3.8) is 0 Å². The van der Waals surface area contributed by atoms with Gasteiger partial charge in [-0.05, 0) is 88.0 Å². The largest absolute Gasteiger partial charge is 0.329 e. The van der Waals surface area contributed by atoms with E-state index in [4.69, 9.17) is 5.73 Å². The molecular weight excluding hydrogens is 244 g/mol. The van der Waals surface area contributed by atoms with E-state index in [0.717, 1.165) is 30.3 Å². The first kappa shape index (κ1) is 13.6. The van der Waals surface area contributed by atoms with Crippen LogP contribution in [-0.4, -0.2) is 30.1 Å². The third kappa shape index (κ3) is 2.06. The smallest absolute Gasteiger partial charge is 0.0221 e. The van der Waals surface area contributed by atoms with Crippen molar-refractivity contribution in [1.82, 2.24) is 4.90 Å². The Morgan fingerprint density at radius 3 is 2.20 bits per heavy atom. The number of rotatable bonds is 3. The number of likely N-dealkylation sites (tertiary alicyclic amines) is 1. The molecule has 2 heteroatoms. The van der Waals surface area contributed by atoms with Gasteiger partial charge in [-0.3, -0.25) is 4.90 Å². The summed E-state index contributed by atoms with van der Waals surface area (Å²) in [4.78, 5) is 2.83. The van der Waals surface area contributed by atoms with Crippen molar-refractivity contribution in [3.8, 4) is 0 Å². The maximum Gasteiger partial charge on any atom is 0.0221 e. The maximum atomic E-state index is 6.08. The maximum absolute atomic E-state index is 6.08. The fourth-order valence-electron chi connectivity index (χ4n) is 6.83. The van der Waals surface area contributed by atoms with E-state index in [1.165, 1.54) is 45.1 Å². The zero-order valence-electron chi connectivity index (χ0n) is 13.2. The Morgan fingerprint density at radius 1 is 1.05 bits per heavy atom. The van der Waals surface area contributed by atoms with Gasteiger partial charge >= 0.3 is 0 Å². The predicted octanol–water partition coefficient (Wildman–Crippen LogP) is 3.40. The highest BCUT2D eigenvalue weighted by atomic mass is 15.2. The van der Waals surface area contributed by atoms with E-state index in [1.807, 2.05) is 0 Å². The minimum atomic E-state index is 0.666. The monoisotopic (exact) mass is 276 g/mol. The number of hydrogen-bond donors (Lipinski definition) is 1. The van der Waals surface area contributed by atoms with E-state index in [2.05, 4.69) is 11.8 Å². The van der Waals surface area contributed by atoms with Gasteiger partial charge < -0.3 is 5.73 Å². The van der Waals surface area contributed by atoms with Crippen molar-refractivity contribution < 1.29 is 0 Å². The lowest BCUT2D eigenvalue weighted by Crippen LogP contribution is -2.59. The molecule has 1 aliphatic heterocycles. The van der Waals surface area contributed by atoms with Gasteiger partial charge in [0.2, 0.25) is 0 Å². The fraction of sp³-hybridized carbons (Fsp3) is 1.00. The highest BCUT2D eigenvalue weighted by molar-refractivity contribution is 5.06. The quantitative estimate of drug-likeness (QED) is 0.856. The third-order valence-electron chi connectivity index (χ3n) is 7.41. The van der Waals surface area contributed by atoms with Crippen LogP contribution in [0.1, 0.15) is 64.7 Å². The molecule has 1 saturated heterocycles. The van der Waals surface area contributed by atoms with E-state index in [0.29, 0.717) is 11.5 Å². The van der Waals surface area contributed by atoms with Gasteiger partial charge in [-0.25, -0.2) is 0 Å². The standard InChI is InChI=1S/C18H32N2/c1-13(20-5-3-2-4-17(20)12-19)18-9-14-6-15(10-18)8-16(7-14)11-18/h13-17H,2-12,19H2,1H3. The Labute approximate surface area is 124 Å². The van der Waals surface area contributed by atoms with Crippen LogP contribution in [0.3, 0.4) is 0 Å². The van der Waals surface area contributed by atoms with Crippen LogP contribution in [0.2, 0.25) is 0 Å². The highest BCUT2D eigenvalue weighted by Crippen LogP contribution is 2.62. The second-order valence-corrected chi connectivity index (χ2v) is 8.58. The molecule has 0 radical (unpaired) electrons. The molecule has 0 aromatic rings. The van der Waals surface area contributed by atoms with Gasteiger partial charge in [0.1, 0.15) is 0 Å². The summed E-state index contributed by atoms with van der Waals surface area (Å²) in [6, 6.07) is 1.46. The minimum absolute atomic E-state index is 0.666. The Kier molecular flexibility index (Phi) is 3.38. The number of nitrogens with zero attached hydrogens (tertiary/aromatic N) is 1. The van der Waals surface area contributed by atoms with Crippen molar-refractivity contribution in [3.05, 3.63) is 0 Å². The molecule has 1 heterocycles. The third-order valence-corrected chi connectivity index (χ3v) is 7.41. The van der Waals surface area contributed by atoms with Crippen LogP contribution in [0.5, 0.6) is 0 Å². The average Bonchev–Trinajstić information content (AvgIpc) is 2.45. The second kappa shape index (κ2) is 4.98. The molecule has 2 nitrogen and oxygen atoms in total. The van der Waals surface area contributed by atoms with Crippen molar-refractivity contribution >= 4 is 0 Å². The van der Waals surface area contributed by atoms with Crippen LogP contribution in [0.15, 0.2) is 0 Å². The summed E-state index contributed by atoms with van der Waals surface area (Å²) in [7, 11) is 0. The van der Waals surface area contributed by atoms with Gasteiger partial charge in [0.25, 0.3) is 0 Å². The molecule has 2 N–H and O–H groups in total. The zero-order chi connectivity index (χ0) is 13.7. The summed E-state index contributed by atoms with van der Waals surface area (Å²) >= 11 is 0. The molecule has 5 aliphatic rings. The molecular formula is C18H32N2. The Hall–Kier alpha value is -0.0800. The van der Waals surface area contributed by atoms with Crippen molar-refractivity contribution in [2.45, 2.75) is 76.8 Å². The molecule has 114 valence electrons. The second-order valence-electron chi connectivity index (χ2n) is 8.58. The fourth-order valence-corrected chi connectivity index (χ4v) is 6.83. The van der Waals surface area contributed by atoms with Gasteiger partial charge in [-0.2, -0.15) is 0 Å². The normalized spacial score (nSPS) is 49.5. The molecule has 2 atom stereocenters. The van der Waals surface area contributed by atoms with Crippen molar-refractivity contribution in [2.75, 3.05) is 13.1 Å². The molecule has 4 bridgehead atoms. The lowest BCUT2D eigenvalue weighted by atomic mass is 9.47. The van der Waals surface area contributed by atoms with E-state index >= 15 is 0 Å². The van der Waals surface area contributed by atoms with Crippen LogP contribution in [-0.2, 0) is 0 Å². The summed E-state index contributed by atoms with van der Waals surface area (Å²) in [5, 5.41) is 0. The molecule has 5 rings (SSSR count). The summed E-state index contributed by atoms with van der Waals surface area (Å²) in [5.74, 6) is 3.22. The van der Waals surface area contributed by atoms with Crippen LogP contribution in [0, 0.1) is 23.2 Å². The van der Waals surface area contributed by atoms with E-state index in [1.54, 1.807) is 19.3 Å². The first-order chi connectivity index (χ1) is 9.70. The van der Waals surface area contributed by atoms with Gasteiger partial charge in [0, 0.05) is 18.6 Å². The Balaban J connectivity index is 1.56. The summed E-state index contributed by atoms with van der Waals surface area (Å²) in [6.07, 6.45) is 13.4. The van der Waals surface area contributed by atoms with E-state index in [-0.39, 0.29) is 0 Å². The Bertz CT molecular complexity index is 329. The molecule has 4 saturated carbocycles. The van der Waals surface area contributed by atoms with E-state index in [9.17, 15) is 0 Å². The lowest BCUT2D eigenvalue weighted by Gasteiger charge is -2.61. The minimum Gasteiger partial charge on any atom is -0.329 e. The molecule has 2 unspecified atom stereocenters. The van der Waals surface area contributed by atoms with Crippen LogP contribution in [0.4, 0.5) is 0 Å². The number of nitrogens with two attached hydrogens (primary N) is 1. The first-order valence-corrected chi connectivity index (χ1v) is 9.16. The van der Waals surface area contributed by atoms with Crippen LogP contribution < -0.4 is 5.73 Å². The van der Waals surface area contributed by atoms with Gasteiger partial charge in [-0.1, -0.05) is 6.42 Å². The molecule has 0 aromatic carbocycles. The van der Waals surface area contributed by atoms with Crippen LogP contribution >= 0.6 is 0 Å². The summed E-state index contributed by atoms with van der Waals surface area (Å²) in [6.45, 7) is 4.74. The van der Waals surface area contributed by atoms with Gasteiger partial charge in [0.05, 0.1) is 0 Å². The topological polar surface area (TPSA) is 29.3 Å². The van der Waals surface area contributed by atoms with Crippen molar-refractivity contribution in [2.24, 2.45) is 28.9 Å². The van der Waals surface area contributed by atoms with Gasteiger partial charge in [0.15, 0.2) is 0 Å². The van der Waals surface area contributed by atoms with E-state index < -0.39 is 0 Å². The zero-order valence-corrected chi connectivity index (χ0v) is 13.2. The number of hydrogen-bond acceptors (Lipinski definition) is 2. The summed E-state index contributed by atoms with van der Waals surface area (Å²) in [5.41, 5.74) is 6.75. The predicted molar refractivity (Wildman–Crippen MR) is 83.5 cm³/mol. The molecule has 20 heavy (non-hydrogen) atoms. The molecule has 0 amide bonds. The van der Waals surface area contributed by atoms with Crippen molar-refractivity contribution in [1.29, 1.82) is 0 Å². The SMILES string of the molecule is CC(N1CCCCC1CN)C12CC3CC(CC(C3)C1)C2. The molecule has 0 aromatic heterocycles. The first-order valence-electron chi connectivity index (χ1n) is 9.16. The lowest BCUT2D eigenvalue weighted by molar-refractivity contribution is -0.107.